The zero-order chi connectivity index (χ0) is 5.86. The molecular formula is C3H4N2O2. The van der Waals surface area contributed by atoms with Gasteiger partial charge in [0.05, 0.1) is 6.21 Å². The molecule has 0 unspecified atom stereocenters. The van der Waals surface area contributed by atoms with Crippen LogP contribution < -0.4 is 0 Å². The Balaban J connectivity index is 3.81. The minimum atomic E-state index is -1.37. The Hall–Kier alpha value is -1.19. The Bertz CT molecular complexity index is 118. The highest BCUT2D eigenvalue weighted by Crippen LogP contribution is 1.62. The largest absolute Gasteiger partial charge is 0.476 e. The van der Waals surface area contributed by atoms with Crippen molar-refractivity contribution in [3.05, 3.63) is 0 Å². The lowest BCUT2D eigenvalue weighted by molar-refractivity contribution is -0.129. The van der Waals surface area contributed by atoms with Gasteiger partial charge in [-0.25, -0.2) is 4.79 Å². The smallest absolute Gasteiger partial charge is 0.355 e. The van der Waals surface area contributed by atoms with Gasteiger partial charge in [0.25, 0.3) is 0 Å². The first-order valence-corrected chi connectivity index (χ1v) is 1.51. The van der Waals surface area contributed by atoms with E-state index in [0.717, 1.165) is 0 Å². The average molecular weight is 100 g/mol. The third kappa shape index (κ3) is 1.64. The molecule has 4 heteroatoms. The Morgan fingerprint density at radius 1 is 1.71 bits per heavy atom. The molecule has 0 spiro atoms. The van der Waals surface area contributed by atoms with Crippen molar-refractivity contribution >= 4 is 17.9 Å². The van der Waals surface area contributed by atoms with Crippen LogP contribution in [0.25, 0.3) is 0 Å². The van der Waals surface area contributed by atoms with Crippen LogP contribution in [0.5, 0.6) is 0 Å². The Morgan fingerprint density at radius 2 is 2.14 bits per heavy atom. The van der Waals surface area contributed by atoms with Gasteiger partial charge in [-0.2, -0.15) is 0 Å². The summed E-state index contributed by atoms with van der Waals surface area (Å²) in [7, 11) is 0. The number of nitrogens with one attached hydrogen (secondary N) is 2. The highest BCUT2D eigenvalue weighted by Gasteiger charge is 1.98. The van der Waals surface area contributed by atoms with Crippen molar-refractivity contribution in [1.29, 1.82) is 10.8 Å². The third-order valence-electron chi connectivity index (χ3n) is 0.375. The second kappa shape index (κ2) is 2.07. The van der Waals surface area contributed by atoms with Gasteiger partial charge in [-0.3, -0.25) is 5.41 Å². The molecule has 0 aliphatic rings. The lowest BCUT2D eigenvalue weighted by Crippen LogP contribution is -2.11. The molecule has 0 radical (unpaired) electrons. The molecule has 0 atom stereocenters. The molecule has 4 nitrogen and oxygen atoms in total. The van der Waals surface area contributed by atoms with Gasteiger partial charge >= 0.3 is 5.97 Å². The van der Waals surface area contributed by atoms with Crippen molar-refractivity contribution in [3.63, 3.8) is 0 Å². The summed E-state index contributed by atoms with van der Waals surface area (Å²) in [5.41, 5.74) is -0.694. The highest BCUT2D eigenvalue weighted by molar-refractivity contribution is 6.57. The summed E-state index contributed by atoms with van der Waals surface area (Å²) >= 11 is 0. The second-order valence-corrected chi connectivity index (χ2v) is 0.863. The number of aliphatic carboxylic acids is 1. The van der Waals surface area contributed by atoms with Crippen LogP contribution in [0.15, 0.2) is 0 Å². The molecule has 0 fully saturated rings. The van der Waals surface area contributed by atoms with Crippen molar-refractivity contribution in [1.82, 2.24) is 0 Å². The maximum Gasteiger partial charge on any atom is 0.355 e. The van der Waals surface area contributed by atoms with E-state index in [1.807, 2.05) is 0 Å². The van der Waals surface area contributed by atoms with Crippen LogP contribution in [0.1, 0.15) is 0 Å². The van der Waals surface area contributed by atoms with Crippen molar-refractivity contribution in [2.45, 2.75) is 0 Å². The van der Waals surface area contributed by atoms with E-state index < -0.39 is 11.7 Å². The first-order chi connectivity index (χ1) is 3.18. The van der Waals surface area contributed by atoms with Gasteiger partial charge in [0.1, 0.15) is 0 Å². The summed E-state index contributed by atoms with van der Waals surface area (Å²) < 4.78 is 0. The standard InChI is InChI=1S/C3H4N2O2/c4-1-2(5)3(6)7/h1,4-5H,(H,6,7). The van der Waals surface area contributed by atoms with Crippen LogP contribution in [-0.2, 0) is 4.79 Å². The molecular weight excluding hydrogens is 96.0 g/mol. The van der Waals surface area contributed by atoms with Crippen molar-refractivity contribution in [2.75, 3.05) is 0 Å². The van der Waals surface area contributed by atoms with Crippen LogP contribution in [0.2, 0.25) is 0 Å². The minimum Gasteiger partial charge on any atom is -0.476 e. The normalized spacial score (nSPS) is 7.43. The van der Waals surface area contributed by atoms with E-state index in [1.54, 1.807) is 0 Å². The highest BCUT2D eigenvalue weighted by atomic mass is 16.4. The molecule has 0 aliphatic heterocycles. The van der Waals surface area contributed by atoms with E-state index in [4.69, 9.17) is 15.9 Å². The average Bonchev–Trinajstić information content (AvgIpc) is 1.65. The van der Waals surface area contributed by atoms with Gasteiger partial charge < -0.3 is 10.5 Å². The van der Waals surface area contributed by atoms with Gasteiger partial charge in [-0.1, -0.05) is 0 Å². The first-order valence-electron chi connectivity index (χ1n) is 1.51. The Morgan fingerprint density at radius 3 is 2.14 bits per heavy atom. The number of hydrogen-bond donors (Lipinski definition) is 3. The molecule has 7 heavy (non-hydrogen) atoms. The summed E-state index contributed by atoms with van der Waals surface area (Å²) in [6.45, 7) is 0. The number of carboxylic acid groups (broad SMARTS) is 1. The fraction of sp³-hybridized carbons (Fsp3) is 0. The second-order valence-electron chi connectivity index (χ2n) is 0.863. The fourth-order valence-electron chi connectivity index (χ4n) is 0.0617. The van der Waals surface area contributed by atoms with Crippen LogP contribution in [0.4, 0.5) is 0 Å². The number of carboxylic acids is 1. The van der Waals surface area contributed by atoms with E-state index in [9.17, 15) is 4.79 Å². The van der Waals surface area contributed by atoms with Crippen LogP contribution in [0, 0.1) is 10.8 Å². The molecule has 38 valence electrons. The van der Waals surface area contributed by atoms with Crippen molar-refractivity contribution in [2.24, 2.45) is 0 Å². The molecule has 0 rings (SSSR count). The molecule has 0 aromatic rings. The SMILES string of the molecule is N=CC(=N)C(=O)O. The maximum absolute atomic E-state index is 9.55. The maximum atomic E-state index is 9.55. The fourth-order valence-corrected chi connectivity index (χ4v) is 0.0617. The molecule has 0 aliphatic carbocycles. The summed E-state index contributed by atoms with van der Waals surface area (Å²) in [5, 5.41) is 20.4. The van der Waals surface area contributed by atoms with Gasteiger partial charge in [0.2, 0.25) is 0 Å². The van der Waals surface area contributed by atoms with Crippen LogP contribution in [0.3, 0.4) is 0 Å². The molecule has 0 saturated carbocycles. The molecule has 0 aromatic heterocycles. The molecule has 0 heterocycles. The Labute approximate surface area is 39.8 Å². The quantitative estimate of drug-likeness (QED) is 0.417. The van der Waals surface area contributed by atoms with Crippen molar-refractivity contribution < 1.29 is 9.90 Å². The molecule has 0 bridgehead atoms. The Kier molecular flexibility index (Phi) is 1.72. The predicted molar refractivity (Wildman–Crippen MR) is 24.1 cm³/mol. The predicted octanol–water partition coefficient (Wildman–Crippen LogP) is -0.260. The van der Waals surface area contributed by atoms with Gasteiger partial charge in [0, 0.05) is 0 Å². The van der Waals surface area contributed by atoms with Crippen LogP contribution in [-0.4, -0.2) is 23.0 Å². The lowest BCUT2D eigenvalue weighted by Gasteiger charge is -1.79. The van der Waals surface area contributed by atoms with E-state index in [-0.39, 0.29) is 0 Å². The summed E-state index contributed by atoms with van der Waals surface area (Å²) in [5.74, 6) is -1.37. The topological polar surface area (TPSA) is 85.0 Å². The summed E-state index contributed by atoms with van der Waals surface area (Å²) in [4.78, 5) is 9.55. The molecule has 0 saturated heterocycles. The first kappa shape index (κ1) is 5.81. The van der Waals surface area contributed by atoms with E-state index >= 15 is 0 Å². The number of hydrogen-bond acceptors (Lipinski definition) is 3. The molecule has 0 aromatic carbocycles. The minimum absolute atomic E-state index is 0.475. The zero-order valence-corrected chi connectivity index (χ0v) is 3.43. The number of rotatable bonds is 2. The van der Waals surface area contributed by atoms with E-state index in [2.05, 4.69) is 0 Å². The van der Waals surface area contributed by atoms with E-state index in [1.165, 1.54) is 0 Å². The van der Waals surface area contributed by atoms with Crippen molar-refractivity contribution in [3.8, 4) is 0 Å². The summed E-state index contributed by atoms with van der Waals surface area (Å²) in [6.07, 6.45) is 0.475. The molecule has 3 N–H and O–H groups in total. The third-order valence-corrected chi connectivity index (χ3v) is 0.375. The summed E-state index contributed by atoms with van der Waals surface area (Å²) in [6, 6.07) is 0. The van der Waals surface area contributed by atoms with Gasteiger partial charge in [-0.05, 0) is 0 Å². The monoisotopic (exact) mass is 100 g/mol. The zero-order valence-electron chi connectivity index (χ0n) is 3.43. The number of carbonyl (C=O) groups is 1. The van der Waals surface area contributed by atoms with Crippen LogP contribution >= 0.6 is 0 Å². The lowest BCUT2D eigenvalue weighted by atomic mass is 10.4. The molecule has 0 amide bonds. The van der Waals surface area contributed by atoms with Gasteiger partial charge in [-0.15, -0.1) is 0 Å². The van der Waals surface area contributed by atoms with E-state index in [0.29, 0.717) is 6.21 Å². The van der Waals surface area contributed by atoms with Gasteiger partial charge in [0.15, 0.2) is 5.71 Å².